The number of ether oxygens (including phenoxy) is 1. The first kappa shape index (κ1) is 19.8. The van der Waals surface area contributed by atoms with Gasteiger partial charge in [0, 0.05) is 31.5 Å². The molecule has 0 radical (unpaired) electrons. The highest BCUT2D eigenvalue weighted by atomic mass is 19.1. The van der Waals surface area contributed by atoms with Gasteiger partial charge in [0.2, 0.25) is 0 Å². The molecule has 0 aliphatic heterocycles. The molecule has 1 aromatic heterocycles. The monoisotopic (exact) mass is 381 g/mol. The Morgan fingerprint density at radius 3 is 2.68 bits per heavy atom. The summed E-state index contributed by atoms with van der Waals surface area (Å²) in [5.74, 6) is -0.520. The second-order valence-corrected chi connectivity index (χ2v) is 6.84. The summed E-state index contributed by atoms with van der Waals surface area (Å²) in [4.78, 5) is 12.9. The Bertz CT molecular complexity index is 951. The first-order valence-electron chi connectivity index (χ1n) is 9.20. The number of aromatic nitrogens is 2. The average Bonchev–Trinajstić information content (AvgIpc) is 3.12. The van der Waals surface area contributed by atoms with Crippen LogP contribution in [0.2, 0.25) is 0 Å². The van der Waals surface area contributed by atoms with E-state index >= 15 is 0 Å². The van der Waals surface area contributed by atoms with E-state index in [2.05, 4.69) is 10.4 Å². The largest absolute Gasteiger partial charge is 0.385 e. The van der Waals surface area contributed by atoms with Crippen LogP contribution in [-0.4, -0.2) is 35.4 Å². The first-order valence-corrected chi connectivity index (χ1v) is 9.20. The van der Waals surface area contributed by atoms with Crippen molar-refractivity contribution in [2.75, 3.05) is 13.7 Å². The molecule has 1 atom stereocenters. The Morgan fingerprint density at radius 2 is 2.00 bits per heavy atom. The molecule has 1 amide bonds. The third kappa shape index (κ3) is 4.64. The van der Waals surface area contributed by atoms with Gasteiger partial charge in [-0.15, -0.1) is 0 Å². The summed E-state index contributed by atoms with van der Waals surface area (Å²) in [6.45, 7) is 4.50. The van der Waals surface area contributed by atoms with E-state index in [1.807, 2.05) is 38.1 Å². The fraction of sp³-hybridized carbons (Fsp3) is 0.273. The molecule has 1 unspecified atom stereocenters. The molecule has 6 heteroatoms. The van der Waals surface area contributed by atoms with E-state index in [-0.39, 0.29) is 17.8 Å². The average molecular weight is 381 g/mol. The normalized spacial score (nSPS) is 12.0. The minimum atomic E-state index is -0.320. The summed E-state index contributed by atoms with van der Waals surface area (Å²) in [5, 5.41) is 7.62. The predicted molar refractivity (Wildman–Crippen MR) is 107 cm³/mol. The van der Waals surface area contributed by atoms with Crippen LogP contribution in [0.5, 0.6) is 0 Å². The predicted octanol–water partition coefficient (Wildman–Crippen LogP) is 4.14. The molecule has 0 fully saturated rings. The number of carbonyl (C=O) groups excluding carboxylic acids is 1. The molecule has 1 heterocycles. The molecule has 5 nitrogen and oxygen atoms in total. The van der Waals surface area contributed by atoms with Crippen LogP contribution in [0.4, 0.5) is 4.39 Å². The smallest absolute Gasteiger partial charge is 0.255 e. The lowest BCUT2D eigenvalue weighted by Gasteiger charge is -2.13. The molecule has 0 bridgehead atoms. The number of carbonyl (C=O) groups is 1. The number of nitrogens with zero attached hydrogens (tertiary/aromatic N) is 2. The van der Waals surface area contributed by atoms with Crippen molar-refractivity contribution in [1.82, 2.24) is 15.1 Å². The lowest BCUT2D eigenvalue weighted by atomic mass is 10.1. The maximum Gasteiger partial charge on any atom is 0.255 e. The van der Waals surface area contributed by atoms with Crippen LogP contribution in [0, 0.1) is 12.7 Å². The Hall–Kier alpha value is -2.99. The molecule has 0 saturated heterocycles. The molecule has 2 aromatic carbocycles. The summed E-state index contributed by atoms with van der Waals surface area (Å²) in [6, 6.07) is 13.8. The number of methoxy groups -OCH3 is 1. The van der Waals surface area contributed by atoms with Gasteiger partial charge in [-0.1, -0.05) is 23.8 Å². The zero-order chi connectivity index (χ0) is 20.1. The SMILES string of the molecule is COCCC(C)NC(=O)c1cn(-c2ccc(F)cc2)nc1-c1cccc(C)c1. The molecule has 3 aromatic rings. The van der Waals surface area contributed by atoms with Crippen LogP contribution in [0.3, 0.4) is 0 Å². The van der Waals surface area contributed by atoms with Crippen LogP contribution in [0.15, 0.2) is 54.7 Å². The second-order valence-electron chi connectivity index (χ2n) is 6.84. The van der Waals surface area contributed by atoms with Crippen molar-refractivity contribution in [3.05, 3.63) is 71.7 Å². The maximum atomic E-state index is 13.3. The Kier molecular flexibility index (Phi) is 6.21. The van der Waals surface area contributed by atoms with Gasteiger partial charge in [-0.2, -0.15) is 5.10 Å². The fourth-order valence-corrected chi connectivity index (χ4v) is 2.94. The maximum absolute atomic E-state index is 13.3. The molecule has 146 valence electrons. The number of halogens is 1. The summed E-state index contributed by atoms with van der Waals surface area (Å²) < 4.78 is 19.9. The van der Waals surface area contributed by atoms with E-state index in [0.29, 0.717) is 30.0 Å². The Labute approximate surface area is 164 Å². The molecular weight excluding hydrogens is 357 g/mol. The van der Waals surface area contributed by atoms with Gasteiger partial charge in [0.05, 0.1) is 11.3 Å². The third-order valence-corrected chi connectivity index (χ3v) is 4.47. The molecular formula is C22H24FN3O2. The number of aryl methyl sites for hydroxylation is 1. The van der Waals surface area contributed by atoms with Crippen molar-refractivity contribution < 1.29 is 13.9 Å². The zero-order valence-electron chi connectivity index (χ0n) is 16.3. The van der Waals surface area contributed by atoms with E-state index < -0.39 is 0 Å². The van der Waals surface area contributed by atoms with Crippen LogP contribution < -0.4 is 5.32 Å². The molecule has 3 rings (SSSR count). The van der Waals surface area contributed by atoms with E-state index in [1.54, 1.807) is 30.1 Å². The van der Waals surface area contributed by atoms with Gasteiger partial charge in [0.25, 0.3) is 5.91 Å². The number of amides is 1. The number of hydrogen-bond acceptors (Lipinski definition) is 3. The van der Waals surface area contributed by atoms with Crippen molar-refractivity contribution in [2.24, 2.45) is 0 Å². The van der Waals surface area contributed by atoms with Crippen molar-refractivity contribution in [3.8, 4) is 16.9 Å². The molecule has 0 aliphatic carbocycles. The lowest BCUT2D eigenvalue weighted by molar-refractivity contribution is 0.0930. The summed E-state index contributed by atoms with van der Waals surface area (Å²) in [7, 11) is 1.64. The first-order chi connectivity index (χ1) is 13.5. The summed E-state index contributed by atoms with van der Waals surface area (Å²) in [6.07, 6.45) is 2.40. The number of rotatable bonds is 7. The molecule has 28 heavy (non-hydrogen) atoms. The number of hydrogen-bond donors (Lipinski definition) is 1. The van der Waals surface area contributed by atoms with Gasteiger partial charge in [0.1, 0.15) is 11.5 Å². The molecule has 0 spiro atoms. The second kappa shape index (κ2) is 8.80. The molecule has 0 aliphatic rings. The minimum absolute atomic E-state index is 0.0352. The Balaban J connectivity index is 1.98. The minimum Gasteiger partial charge on any atom is -0.385 e. The molecule has 1 N–H and O–H groups in total. The number of nitrogens with one attached hydrogen (secondary N) is 1. The van der Waals surface area contributed by atoms with Crippen LogP contribution >= 0.6 is 0 Å². The van der Waals surface area contributed by atoms with Gasteiger partial charge in [-0.3, -0.25) is 4.79 Å². The van der Waals surface area contributed by atoms with Crippen molar-refractivity contribution in [1.29, 1.82) is 0 Å². The quantitative estimate of drug-likeness (QED) is 0.669. The van der Waals surface area contributed by atoms with Gasteiger partial charge in [-0.05, 0) is 50.6 Å². The summed E-state index contributed by atoms with van der Waals surface area (Å²) >= 11 is 0. The van der Waals surface area contributed by atoms with Gasteiger partial charge >= 0.3 is 0 Å². The van der Waals surface area contributed by atoms with E-state index in [0.717, 1.165) is 11.1 Å². The lowest BCUT2D eigenvalue weighted by Crippen LogP contribution is -2.33. The van der Waals surface area contributed by atoms with E-state index in [9.17, 15) is 9.18 Å². The van der Waals surface area contributed by atoms with E-state index in [1.165, 1.54) is 12.1 Å². The van der Waals surface area contributed by atoms with Gasteiger partial charge in [0.15, 0.2) is 0 Å². The highest BCUT2D eigenvalue weighted by Gasteiger charge is 2.20. The standard InChI is InChI=1S/C22H24FN3O2/c1-15-5-4-6-17(13-15)21-20(22(27)24-16(2)11-12-28-3)14-26(25-21)19-9-7-18(23)8-10-19/h4-10,13-14,16H,11-12H2,1-3H3,(H,24,27). The Morgan fingerprint density at radius 1 is 1.25 bits per heavy atom. The topological polar surface area (TPSA) is 56.1 Å². The summed E-state index contributed by atoms with van der Waals surface area (Å²) in [5.41, 5.74) is 3.68. The van der Waals surface area contributed by atoms with Crippen molar-refractivity contribution >= 4 is 5.91 Å². The van der Waals surface area contributed by atoms with Gasteiger partial charge in [-0.25, -0.2) is 9.07 Å². The van der Waals surface area contributed by atoms with Crippen molar-refractivity contribution in [2.45, 2.75) is 26.3 Å². The highest BCUT2D eigenvalue weighted by Crippen LogP contribution is 2.25. The fourth-order valence-electron chi connectivity index (χ4n) is 2.94. The molecule has 0 saturated carbocycles. The third-order valence-electron chi connectivity index (χ3n) is 4.47. The van der Waals surface area contributed by atoms with Crippen LogP contribution in [0.25, 0.3) is 16.9 Å². The highest BCUT2D eigenvalue weighted by molar-refractivity contribution is 6.00. The van der Waals surface area contributed by atoms with Crippen molar-refractivity contribution in [3.63, 3.8) is 0 Å². The van der Waals surface area contributed by atoms with E-state index in [4.69, 9.17) is 4.74 Å². The van der Waals surface area contributed by atoms with Crippen LogP contribution in [-0.2, 0) is 4.74 Å². The zero-order valence-corrected chi connectivity index (χ0v) is 16.3. The van der Waals surface area contributed by atoms with Crippen LogP contribution in [0.1, 0.15) is 29.3 Å². The number of benzene rings is 2. The van der Waals surface area contributed by atoms with Gasteiger partial charge < -0.3 is 10.1 Å².